The van der Waals surface area contributed by atoms with E-state index in [0.717, 1.165) is 11.4 Å². The number of ether oxygens (including phenoxy) is 3. The Kier molecular flexibility index (Phi) is 7.77. The van der Waals surface area contributed by atoms with Crippen molar-refractivity contribution in [2.24, 2.45) is 0 Å². The predicted molar refractivity (Wildman–Crippen MR) is 120 cm³/mol. The summed E-state index contributed by atoms with van der Waals surface area (Å²) in [5, 5.41) is 12.2. The standard InChI is InChI=1S/C22H26N4O4S/c1-5-26-20(12-15-9-10-18(29-3)19(11-15)30-4)24-25-22(26)31-14-21(27)23-16-7-6-8-17(13-16)28-2/h6-11,13H,5,12,14H2,1-4H3,(H,23,27). The number of thioether (sulfide) groups is 1. The molecule has 1 aromatic heterocycles. The van der Waals surface area contributed by atoms with Crippen LogP contribution in [0.25, 0.3) is 0 Å². The quantitative estimate of drug-likeness (QED) is 0.480. The van der Waals surface area contributed by atoms with Gasteiger partial charge < -0.3 is 24.1 Å². The zero-order valence-electron chi connectivity index (χ0n) is 18.0. The summed E-state index contributed by atoms with van der Waals surface area (Å²) in [5.41, 5.74) is 1.73. The Balaban J connectivity index is 1.65. The average molecular weight is 443 g/mol. The summed E-state index contributed by atoms with van der Waals surface area (Å²) in [7, 11) is 4.81. The van der Waals surface area contributed by atoms with Crippen LogP contribution in [0.15, 0.2) is 47.6 Å². The van der Waals surface area contributed by atoms with Crippen molar-refractivity contribution in [3.05, 3.63) is 53.9 Å². The maximum Gasteiger partial charge on any atom is 0.234 e. The van der Waals surface area contributed by atoms with Gasteiger partial charge in [0.25, 0.3) is 0 Å². The fraction of sp³-hybridized carbons (Fsp3) is 0.318. The summed E-state index contributed by atoms with van der Waals surface area (Å²) in [4.78, 5) is 12.4. The second-order valence-electron chi connectivity index (χ2n) is 6.58. The number of nitrogens with one attached hydrogen (secondary N) is 1. The molecule has 0 unspecified atom stereocenters. The number of carbonyl (C=O) groups excluding carboxylic acids is 1. The lowest BCUT2D eigenvalue weighted by atomic mass is 10.1. The van der Waals surface area contributed by atoms with E-state index in [2.05, 4.69) is 15.5 Å². The molecule has 164 valence electrons. The predicted octanol–water partition coefficient (Wildman–Crippen LogP) is 3.65. The molecule has 3 rings (SSSR count). The highest BCUT2D eigenvalue weighted by Gasteiger charge is 2.15. The third kappa shape index (κ3) is 5.69. The van der Waals surface area contributed by atoms with Gasteiger partial charge in [0.15, 0.2) is 16.7 Å². The molecule has 0 aliphatic heterocycles. The number of amides is 1. The van der Waals surface area contributed by atoms with Crippen LogP contribution in [0.1, 0.15) is 18.3 Å². The first-order chi connectivity index (χ1) is 15.1. The molecule has 31 heavy (non-hydrogen) atoms. The van der Waals surface area contributed by atoms with Gasteiger partial charge >= 0.3 is 0 Å². The van der Waals surface area contributed by atoms with E-state index in [4.69, 9.17) is 14.2 Å². The van der Waals surface area contributed by atoms with Gasteiger partial charge in [-0.3, -0.25) is 4.79 Å². The number of rotatable bonds is 10. The molecule has 1 N–H and O–H groups in total. The summed E-state index contributed by atoms with van der Waals surface area (Å²) in [5.74, 6) is 2.98. The van der Waals surface area contributed by atoms with Crippen molar-refractivity contribution in [2.45, 2.75) is 25.0 Å². The minimum Gasteiger partial charge on any atom is -0.497 e. The molecule has 2 aromatic carbocycles. The van der Waals surface area contributed by atoms with Crippen molar-refractivity contribution < 1.29 is 19.0 Å². The second-order valence-corrected chi connectivity index (χ2v) is 7.52. The highest BCUT2D eigenvalue weighted by Crippen LogP contribution is 2.29. The van der Waals surface area contributed by atoms with Crippen LogP contribution in [0, 0.1) is 0 Å². The molecule has 0 saturated carbocycles. The lowest BCUT2D eigenvalue weighted by Gasteiger charge is -2.11. The average Bonchev–Trinajstić information content (AvgIpc) is 3.18. The fourth-order valence-corrected chi connectivity index (χ4v) is 3.90. The SMILES string of the molecule is CCn1c(Cc2ccc(OC)c(OC)c2)nnc1SCC(=O)Nc1cccc(OC)c1. The summed E-state index contributed by atoms with van der Waals surface area (Å²) in [6.45, 7) is 2.73. The molecule has 0 aliphatic rings. The Bertz CT molecular complexity index is 1040. The molecule has 0 fully saturated rings. The molecule has 0 aliphatic carbocycles. The van der Waals surface area contributed by atoms with E-state index in [1.54, 1.807) is 27.4 Å². The Morgan fingerprint density at radius 3 is 2.55 bits per heavy atom. The van der Waals surface area contributed by atoms with Crippen LogP contribution in [0.2, 0.25) is 0 Å². The van der Waals surface area contributed by atoms with Crippen molar-refractivity contribution >= 4 is 23.4 Å². The molecular formula is C22H26N4O4S. The number of methoxy groups -OCH3 is 3. The summed E-state index contributed by atoms with van der Waals surface area (Å²) < 4.78 is 17.9. The maximum absolute atomic E-state index is 12.4. The number of hydrogen-bond acceptors (Lipinski definition) is 7. The molecular weight excluding hydrogens is 416 g/mol. The van der Waals surface area contributed by atoms with E-state index >= 15 is 0 Å². The summed E-state index contributed by atoms with van der Waals surface area (Å²) >= 11 is 1.36. The number of nitrogens with zero attached hydrogens (tertiary/aromatic N) is 3. The fourth-order valence-electron chi connectivity index (χ4n) is 3.08. The minimum absolute atomic E-state index is 0.120. The van der Waals surface area contributed by atoms with Crippen molar-refractivity contribution in [3.63, 3.8) is 0 Å². The van der Waals surface area contributed by atoms with Gasteiger partial charge in [-0.15, -0.1) is 10.2 Å². The smallest absolute Gasteiger partial charge is 0.234 e. The van der Waals surface area contributed by atoms with Gasteiger partial charge in [-0.25, -0.2) is 0 Å². The Hall–Kier alpha value is -3.20. The number of anilines is 1. The van der Waals surface area contributed by atoms with Gasteiger partial charge in [0.1, 0.15) is 11.6 Å². The molecule has 1 amide bonds. The van der Waals surface area contributed by atoms with E-state index in [1.165, 1.54) is 11.8 Å². The summed E-state index contributed by atoms with van der Waals surface area (Å²) in [6, 6.07) is 13.0. The van der Waals surface area contributed by atoms with E-state index in [1.807, 2.05) is 47.9 Å². The van der Waals surface area contributed by atoms with E-state index < -0.39 is 0 Å². The van der Waals surface area contributed by atoms with Crippen molar-refractivity contribution in [2.75, 3.05) is 32.4 Å². The van der Waals surface area contributed by atoms with Crippen LogP contribution in [0.3, 0.4) is 0 Å². The van der Waals surface area contributed by atoms with Gasteiger partial charge in [0.05, 0.1) is 27.1 Å². The first-order valence-electron chi connectivity index (χ1n) is 9.77. The lowest BCUT2D eigenvalue weighted by molar-refractivity contribution is -0.113. The lowest BCUT2D eigenvalue weighted by Crippen LogP contribution is -2.14. The highest BCUT2D eigenvalue weighted by molar-refractivity contribution is 7.99. The third-order valence-electron chi connectivity index (χ3n) is 4.61. The first kappa shape index (κ1) is 22.5. The Morgan fingerprint density at radius 2 is 1.84 bits per heavy atom. The largest absolute Gasteiger partial charge is 0.497 e. The van der Waals surface area contributed by atoms with E-state index in [-0.39, 0.29) is 11.7 Å². The summed E-state index contributed by atoms with van der Waals surface area (Å²) in [6.07, 6.45) is 0.595. The van der Waals surface area contributed by atoms with Crippen LogP contribution in [-0.4, -0.2) is 47.8 Å². The number of carbonyl (C=O) groups is 1. The van der Waals surface area contributed by atoms with Gasteiger partial charge in [0, 0.05) is 24.7 Å². The van der Waals surface area contributed by atoms with Gasteiger partial charge in [-0.2, -0.15) is 0 Å². The highest BCUT2D eigenvalue weighted by atomic mass is 32.2. The van der Waals surface area contributed by atoms with Crippen LogP contribution >= 0.6 is 11.8 Å². The Morgan fingerprint density at radius 1 is 1.03 bits per heavy atom. The molecule has 1 heterocycles. The number of aromatic nitrogens is 3. The zero-order chi connectivity index (χ0) is 22.2. The van der Waals surface area contributed by atoms with E-state index in [9.17, 15) is 4.79 Å². The molecule has 0 saturated heterocycles. The Labute approximate surface area is 185 Å². The molecule has 8 nitrogen and oxygen atoms in total. The van der Waals surface area contributed by atoms with Crippen molar-refractivity contribution in [1.82, 2.24) is 14.8 Å². The van der Waals surface area contributed by atoms with Crippen LogP contribution in [0.4, 0.5) is 5.69 Å². The first-order valence-corrected chi connectivity index (χ1v) is 10.8. The normalized spacial score (nSPS) is 10.6. The van der Waals surface area contributed by atoms with Gasteiger partial charge in [-0.05, 0) is 36.8 Å². The number of hydrogen-bond donors (Lipinski definition) is 1. The third-order valence-corrected chi connectivity index (χ3v) is 5.57. The zero-order valence-corrected chi connectivity index (χ0v) is 18.9. The van der Waals surface area contributed by atoms with Crippen LogP contribution in [0.5, 0.6) is 17.2 Å². The van der Waals surface area contributed by atoms with E-state index in [0.29, 0.717) is 41.1 Å². The topological polar surface area (TPSA) is 87.5 Å². The second kappa shape index (κ2) is 10.7. The minimum atomic E-state index is -0.120. The van der Waals surface area contributed by atoms with Crippen molar-refractivity contribution in [3.8, 4) is 17.2 Å². The van der Waals surface area contributed by atoms with Gasteiger partial charge in [0.2, 0.25) is 5.91 Å². The molecule has 0 bridgehead atoms. The van der Waals surface area contributed by atoms with Crippen LogP contribution < -0.4 is 19.5 Å². The molecule has 9 heteroatoms. The van der Waals surface area contributed by atoms with Crippen LogP contribution in [-0.2, 0) is 17.8 Å². The molecule has 3 aromatic rings. The molecule has 0 spiro atoms. The molecule has 0 radical (unpaired) electrons. The monoisotopic (exact) mass is 442 g/mol. The molecule has 0 atom stereocenters. The van der Waals surface area contributed by atoms with Gasteiger partial charge in [-0.1, -0.05) is 23.9 Å². The maximum atomic E-state index is 12.4. The van der Waals surface area contributed by atoms with Crippen molar-refractivity contribution in [1.29, 1.82) is 0 Å². The number of benzene rings is 2.